The van der Waals surface area contributed by atoms with Crippen molar-refractivity contribution in [3.05, 3.63) is 18.0 Å². The molecule has 84 valence electrons. The molecule has 15 heavy (non-hydrogen) atoms. The van der Waals surface area contributed by atoms with E-state index in [9.17, 15) is 5.11 Å². The van der Waals surface area contributed by atoms with Crippen LogP contribution in [0.1, 0.15) is 31.9 Å². The molecular formula is C11H18N2O2. The monoisotopic (exact) mass is 210 g/mol. The highest BCUT2D eigenvalue weighted by molar-refractivity contribution is 5.12. The van der Waals surface area contributed by atoms with Crippen LogP contribution in [0.4, 0.5) is 0 Å². The number of nitrogens with zero attached hydrogens (tertiary/aromatic N) is 2. The standard InChI is InChI=1S/C11H18N2O2/c1-2-7-13-10(4-6-12-13)11(14)5-3-8-15-9-11/h4,6,14H,2-3,5,7-9H2,1H3. The highest BCUT2D eigenvalue weighted by Crippen LogP contribution is 2.29. The second-order valence-corrected chi connectivity index (χ2v) is 4.13. The van der Waals surface area contributed by atoms with Gasteiger partial charge in [0.25, 0.3) is 0 Å². The van der Waals surface area contributed by atoms with E-state index in [1.807, 2.05) is 10.7 Å². The van der Waals surface area contributed by atoms with Gasteiger partial charge in [0.1, 0.15) is 5.60 Å². The van der Waals surface area contributed by atoms with Crippen LogP contribution >= 0.6 is 0 Å². The quantitative estimate of drug-likeness (QED) is 0.817. The lowest BCUT2D eigenvalue weighted by atomic mass is 9.93. The van der Waals surface area contributed by atoms with Crippen LogP contribution in [0.3, 0.4) is 0 Å². The van der Waals surface area contributed by atoms with Crippen molar-refractivity contribution in [3.63, 3.8) is 0 Å². The Labute approximate surface area is 89.9 Å². The molecule has 0 aromatic carbocycles. The first-order chi connectivity index (χ1) is 7.26. The molecule has 1 aromatic heterocycles. The molecule has 1 atom stereocenters. The molecule has 1 fully saturated rings. The third kappa shape index (κ3) is 2.06. The van der Waals surface area contributed by atoms with E-state index in [-0.39, 0.29) is 0 Å². The molecule has 4 nitrogen and oxygen atoms in total. The van der Waals surface area contributed by atoms with Gasteiger partial charge < -0.3 is 9.84 Å². The molecule has 0 radical (unpaired) electrons. The normalized spacial score (nSPS) is 26.8. The molecule has 4 heteroatoms. The molecular weight excluding hydrogens is 192 g/mol. The first-order valence-corrected chi connectivity index (χ1v) is 5.59. The average molecular weight is 210 g/mol. The molecule has 1 aliphatic rings. The number of hydrogen-bond acceptors (Lipinski definition) is 3. The van der Waals surface area contributed by atoms with Crippen molar-refractivity contribution in [3.8, 4) is 0 Å². The van der Waals surface area contributed by atoms with Gasteiger partial charge in [0.05, 0.1) is 12.3 Å². The summed E-state index contributed by atoms with van der Waals surface area (Å²) in [5.74, 6) is 0. The molecule has 1 aliphatic heterocycles. The van der Waals surface area contributed by atoms with Gasteiger partial charge in [-0.15, -0.1) is 0 Å². The van der Waals surface area contributed by atoms with Crippen LogP contribution in [0.5, 0.6) is 0 Å². The molecule has 0 saturated carbocycles. The highest BCUT2D eigenvalue weighted by atomic mass is 16.5. The van der Waals surface area contributed by atoms with Gasteiger partial charge in [-0.3, -0.25) is 4.68 Å². The molecule has 0 amide bonds. The van der Waals surface area contributed by atoms with Gasteiger partial charge >= 0.3 is 0 Å². The van der Waals surface area contributed by atoms with Crippen molar-refractivity contribution >= 4 is 0 Å². The Balaban J connectivity index is 2.22. The number of aryl methyl sites for hydroxylation is 1. The smallest absolute Gasteiger partial charge is 0.129 e. The van der Waals surface area contributed by atoms with E-state index in [0.717, 1.165) is 38.1 Å². The van der Waals surface area contributed by atoms with Gasteiger partial charge in [0.15, 0.2) is 0 Å². The fraction of sp³-hybridized carbons (Fsp3) is 0.727. The third-order valence-electron chi connectivity index (χ3n) is 2.85. The number of rotatable bonds is 3. The van der Waals surface area contributed by atoms with Crippen LogP contribution in [0, 0.1) is 0 Å². The Bertz CT molecular complexity index is 316. The first kappa shape index (κ1) is 10.6. The zero-order chi connectivity index (χ0) is 10.7. The molecule has 1 aromatic rings. The maximum absolute atomic E-state index is 10.5. The van der Waals surface area contributed by atoms with Crippen molar-refractivity contribution < 1.29 is 9.84 Å². The molecule has 1 N–H and O–H groups in total. The second-order valence-electron chi connectivity index (χ2n) is 4.13. The van der Waals surface area contributed by atoms with Gasteiger partial charge in [0, 0.05) is 19.3 Å². The fourth-order valence-electron chi connectivity index (χ4n) is 2.10. The molecule has 0 aliphatic carbocycles. The molecule has 2 rings (SSSR count). The summed E-state index contributed by atoms with van der Waals surface area (Å²) in [7, 11) is 0. The van der Waals surface area contributed by atoms with Crippen LogP contribution in [0.15, 0.2) is 12.3 Å². The lowest BCUT2D eigenvalue weighted by Gasteiger charge is -2.32. The minimum atomic E-state index is -0.829. The third-order valence-corrected chi connectivity index (χ3v) is 2.85. The summed E-state index contributed by atoms with van der Waals surface area (Å²) < 4.78 is 7.23. The van der Waals surface area contributed by atoms with Gasteiger partial charge in [-0.05, 0) is 25.3 Å². The van der Waals surface area contributed by atoms with Crippen molar-refractivity contribution in [2.75, 3.05) is 13.2 Å². The zero-order valence-corrected chi connectivity index (χ0v) is 9.15. The summed E-state index contributed by atoms with van der Waals surface area (Å²) >= 11 is 0. The van der Waals surface area contributed by atoms with E-state index in [4.69, 9.17) is 4.74 Å². The number of aliphatic hydroxyl groups is 1. The number of hydrogen-bond donors (Lipinski definition) is 1. The van der Waals surface area contributed by atoms with Crippen LogP contribution in [0.2, 0.25) is 0 Å². The van der Waals surface area contributed by atoms with E-state index in [1.54, 1.807) is 6.20 Å². The zero-order valence-electron chi connectivity index (χ0n) is 9.15. The van der Waals surface area contributed by atoms with Crippen molar-refractivity contribution in [1.29, 1.82) is 0 Å². The first-order valence-electron chi connectivity index (χ1n) is 5.59. The van der Waals surface area contributed by atoms with Crippen molar-refractivity contribution in [2.24, 2.45) is 0 Å². The number of aromatic nitrogens is 2. The highest BCUT2D eigenvalue weighted by Gasteiger charge is 2.34. The Kier molecular flexibility index (Phi) is 3.07. The predicted molar refractivity (Wildman–Crippen MR) is 56.5 cm³/mol. The van der Waals surface area contributed by atoms with Gasteiger partial charge in [-0.25, -0.2) is 0 Å². The van der Waals surface area contributed by atoms with E-state index in [1.165, 1.54) is 0 Å². The van der Waals surface area contributed by atoms with E-state index >= 15 is 0 Å². The van der Waals surface area contributed by atoms with E-state index in [0.29, 0.717) is 6.61 Å². The molecule has 1 unspecified atom stereocenters. The lowest BCUT2D eigenvalue weighted by molar-refractivity contribution is -0.0951. The van der Waals surface area contributed by atoms with Gasteiger partial charge in [0.2, 0.25) is 0 Å². The maximum Gasteiger partial charge on any atom is 0.129 e. The molecule has 1 saturated heterocycles. The summed E-state index contributed by atoms with van der Waals surface area (Å²) in [6.07, 6.45) is 4.44. The molecule has 0 spiro atoms. The Morgan fingerprint density at radius 1 is 1.67 bits per heavy atom. The minimum Gasteiger partial charge on any atom is -0.381 e. The SMILES string of the molecule is CCCn1nccc1C1(O)CCCOC1. The Morgan fingerprint density at radius 2 is 2.53 bits per heavy atom. The van der Waals surface area contributed by atoms with Crippen LogP contribution in [-0.4, -0.2) is 28.1 Å². The lowest BCUT2D eigenvalue weighted by Crippen LogP contribution is -2.38. The fourth-order valence-corrected chi connectivity index (χ4v) is 2.10. The summed E-state index contributed by atoms with van der Waals surface area (Å²) in [4.78, 5) is 0. The van der Waals surface area contributed by atoms with Gasteiger partial charge in [-0.1, -0.05) is 6.92 Å². The van der Waals surface area contributed by atoms with Crippen LogP contribution in [-0.2, 0) is 16.9 Å². The van der Waals surface area contributed by atoms with Crippen molar-refractivity contribution in [2.45, 2.75) is 38.3 Å². The molecule has 2 heterocycles. The summed E-state index contributed by atoms with van der Waals surface area (Å²) in [5.41, 5.74) is 0.0632. The van der Waals surface area contributed by atoms with Crippen molar-refractivity contribution in [1.82, 2.24) is 9.78 Å². The van der Waals surface area contributed by atoms with Crippen LogP contribution in [0.25, 0.3) is 0 Å². The van der Waals surface area contributed by atoms with E-state index in [2.05, 4.69) is 12.0 Å². The topological polar surface area (TPSA) is 47.3 Å². The average Bonchev–Trinajstić information content (AvgIpc) is 2.68. The predicted octanol–water partition coefficient (Wildman–Crippen LogP) is 1.29. The Morgan fingerprint density at radius 3 is 3.20 bits per heavy atom. The molecule has 0 bridgehead atoms. The minimum absolute atomic E-state index is 0.391. The number of ether oxygens (including phenoxy) is 1. The summed E-state index contributed by atoms with van der Waals surface area (Å²) in [6, 6.07) is 1.89. The second kappa shape index (κ2) is 4.33. The van der Waals surface area contributed by atoms with Gasteiger partial charge in [-0.2, -0.15) is 5.10 Å². The Hall–Kier alpha value is -0.870. The van der Waals surface area contributed by atoms with Crippen LogP contribution < -0.4 is 0 Å². The summed E-state index contributed by atoms with van der Waals surface area (Å²) in [6.45, 7) is 4.10. The maximum atomic E-state index is 10.5. The summed E-state index contributed by atoms with van der Waals surface area (Å²) in [5, 5.41) is 14.7. The van der Waals surface area contributed by atoms with E-state index < -0.39 is 5.60 Å². The largest absolute Gasteiger partial charge is 0.381 e.